The first-order chi connectivity index (χ1) is 10.0. The Morgan fingerprint density at radius 1 is 1.19 bits per heavy atom. The predicted molar refractivity (Wildman–Crippen MR) is 79.8 cm³/mol. The summed E-state index contributed by atoms with van der Waals surface area (Å²) in [6.07, 6.45) is 4.55. The minimum atomic E-state index is -3.14. The van der Waals surface area contributed by atoms with E-state index < -0.39 is 9.84 Å². The van der Waals surface area contributed by atoms with Crippen molar-refractivity contribution in [2.24, 2.45) is 0 Å². The molecule has 0 saturated heterocycles. The zero-order chi connectivity index (χ0) is 14.9. The average molecular weight is 306 g/mol. The second-order valence-corrected chi connectivity index (χ2v) is 7.31. The van der Waals surface area contributed by atoms with Gasteiger partial charge in [-0.3, -0.25) is 0 Å². The van der Waals surface area contributed by atoms with Crippen LogP contribution in [0.15, 0.2) is 29.2 Å². The predicted octanol–water partition coefficient (Wildman–Crippen LogP) is 1.63. The maximum absolute atomic E-state index is 11.4. The summed E-state index contributed by atoms with van der Waals surface area (Å²) in [6, 6.07) is 6.75. The van der Waals surface area contributed by atoms with Crippen molar-refractivity contribution in [3.05, 3.63) is 35.9 Å². The first kappa shape index (κ1) is 14.1. The minimum Gasteiger partial charge on any atom is -0.378 e. The van der Waals surface area contributed by atoms with Crippen LogP contribution in [0.2, 0.25) is 0 Å². The normalized spacial score (nSPS) is 14.7. The number of rotatable bonds is 4. The van der Waals surface area contributed by atoms with E-state index in [1.807, 2.05) is 0 Å². The van der Waals surface area contributed by atoms with Crippen molar-refractivity contribution in [3.63, 3.8) is 0 Å². The van der Waals surface area contributed by atoms with Crippen LogP contribution >= 0.6 is 0 Å². The van der Waals surface area contributed by atoms with Gasteiger partial charge in [-0.2, -0.15) is 0 Å². The molecule has 1 aliphatic heterocycles. The van der Waals surface area contributed by atoms with Gasteiger partial charge in [-0.1, -0.05) is 0 Å². The van der Waals surface area contributed by atoms with Crippen LogP contribution in [0, 0.1) is 0 Å². The Morgan fingerprint density at radius 3 is 2.67 bits per heavy atom. The summed E-state index contributed by atoms with van der Waals surface area (Å²) < 4.78 is 25.0. The van der Waals surface area contributed by atoms with Crippen LogP contribution < -0.4 is 5.32 Å². The molecule has 112 valence electrons. The molecule has 3 rings (SSSR count). The van der Waals surface area contributed by atoms with Gasteiger partial charge in [0.1, 0.15) is 5.82 Å². The van der Waals surface area contributed by atoms with Crippen LogP contribution in [0.5, 0.6) is 0 Å². The molecule has 0 saturated carbocycles. The summed E-state index contributed by atoms with van der Waals surface area (Å²) in [4.78, 5) is 0.327. The number of benzene rings is 1. The van der Waals surface area contributed by atoms with Gasteiger partial charge in [0.15, 0.2) is 15.7 Å². The van der Waals surface area contributed by atoms with Crippen LogP contribution in [-0.4, -0.2) is 29.4 Å². The topological polar surface area (TPSA) is 76.9 Å². The van der Waals surface area contributed by atoms with Crippen molar-refractivity contribution in [2.45, 2.75) is 37.2 Å². The first-order valence-corrected chi connectivity index (χ1v) is 8.88. The Balaban J connectivity index is 1.69. The van der Waals surface area contributed by atoms with Crippen LogP contribution in [0.1, 0.15) is 24.5 Å². The Morgan fingerprint density at radius 2 is 1.95 bits per heavy atom. The number of fused-ring (bicyclic) bond motifs is 1. The summed E-state index contributed by atoms with van der Waals surface area (Å²) in [6.45, 7) is 1.57. The number of nitrogens with one attached hydrogen (secondary N) is 1. The lowest BCUT2D eigenvalue weighted by Crippen LogP contribution is -2.15. The van der Waals surface area contributed by atoms with E-state index in [4.69, 9.17) is 0 Å². The molecule has 0 bridgehead atoms. The van der Waals surface area contributed by atoms with Gasteiger partial charge in [0.2, 0.25) is 0 Å². The van der Waals surface area contributed by atoms with Gasteiger partial charge < -0.3 is 9.88 Å². The third kappa shape index (κ3) is 3.07. The lowest BCUT2D eigenvalue weighted by molar-refractivity contribution is 0.510. The zero-order valence-corrected chi connectivity index (χ0v) is 12.7. The number of anilines is 1. The highest BCUT2D eigenvalue weighted by atomic mass is 32.2. The van der Waals surface area contributed by atoms with Gasteiger partial charge in [-0.15, -0.1) is 10.2 Å². The summed E-state index contributed by atoms with van der Waals surface area (Å²) in [5.41, 5.74) is 0.871. The van der Waals surface area contributed by atoms with E-state index in [2.05, 4.69) is 20.1 Å². The average Bonchev–Trinajstić information content (AvgIpc) is 2.88. The molecular weight excluding hydrogens is 288 g/mol. The molecule has 0 unspecified atom stereocenters. The maximum Gasteiger partial charge on any atom is 0.175 e. The van der Waals surface area contributed by atoms with Crippen molar-refractivity contribution >= 4 is 15.5 Å². The Bertz CT molecular complexity index is 735. The Kier molecular flexibility index (Phi) is 3.67. The van der Waals surface area contributed by atoms with Crippen molar-refractivity contribution in [1.29, 1.82) is 0 Å². The standard InChI is InChI=1S/C14H18N4O2S/c1-21(19,20)12-7-5-11(6-8-12)15-10-14-17-16-13-4-2-3-9-18(13)14/h5-8,15H,2-4,9-10H2,1H3. The summed E-state index contributed by atoms with van der Waals surface area (Å²) in [5, 5.41) is 11.7. The largest absolute Gasteiger partial charge is 0.378 e. The molecule has 1 aromatic carbocycles. The van der Waals surface area contributed by atoms with Gasteiger partial charge in [0, 0.05) is 24.9 Å². The molecule has 7 heteroatoms. The molecule has 2 aromatic rings. The third-order valence-corrected chi connectivity index (χ3v) is 4.80. The fourth-order valence-electron chi connectivity index (χ4n) is 2.50. The molecule has 21 heavy (non-hydrogen) atoms. The minimum absolute atomic E-state index is 0.327. The van der Waals surface area contributed by atoms with Gasteiger partial charge in [0.05, 0.1) is 11.4 Å². The van der Waals surface area contributed by atoms with Gasteiger partial charge in [-0.05, 0) is 37.1 Å². The Hall–Kier alpha value is -1.89. The van der Waals surface area contributed by atoms with Crippen molar-refractivity contribution in [1.82, 2.24) is 14.8 Å². The van der Waals surface area contributed by atoms with Crippen molar-refractivity contribution in [3.8, 4) is 0 Å². The highest BCUT2D eigenvalue weighted by Crippen LogP contribution is 2.17. The third-order valence-electron chi connectivity index (χ3n) is 3.67. The van der Waals surface area contributed by atoms with E-state index in [-0.39, 0.29) is 0 Å². The fourth-order valence-corrected chi connectivity index (χ4v) is 3.13. The van der Waals surface area contributed by atoms with Crippen molar-refractivity contribution in [2.75, 3.05) is 11.6 Å². The number of hydrogen-bond acceptors (Lipinski definition) is 5. The number of aromatic nitrogens is 3. The molecule has 0 amide bonds. The Labute approximate surface area is 124 Å². The molecule has 0 spiro atoms. The van der Waals surface area contributed by atoms with Crippen LogP contribution in [0.25, 0.3) is 0 Å². The van der Waals surface area contributed by atoms with E-state index in [0.717, 1.165) is 30.3 Å². The molecule has 1 N–H and O–H groups in total. The SMILES string of the molecule is CS(=O)(=O)c1ccc(NCc2nnc3n2CCCC3)cc1. The van der Waals surface area contributed by atoms with E-state index in [0.29, 0.717) is 11.4 Å². The van der Waals surface area contributed by atoms with Crippen LogP contribution in [-0.2, 0) is 29.3 Å². The lowest BCUT2D eigenvalue weighted by atomic mass is 10.2. The molecule has 0 aliphatic carbocycles. The van der Waals surface area contributed by atoms with Crippen molar-refractivity contribution < 1.29 is 8.42 Å². The molecule has 6 nitrogen and oxygen atoms in total. The molecule has 0 radical (unpaired) electrons. The lowest BCUT2D eigenvalue weighted by Gasteiger charge is -2.15. The molecule has 0 atom stereocenters. The van der Waals surface area contributed by atoms with Gasteiger partial charge in [0.25, 0.3) is 0 Å². The number of sulfone groups is 1. The summed E-state index contributed by atoms with van der Waals surface area (Å²) in [5.74, 6) is 1.99. The highest BCUT2D eigenvalue weighted by Gasteiger charge is 2.15. The molecule has 1 aromatic heterocycles. The smallest absolute Gasteiger partial charge is 0.175 e. The van der Waals surface area contributed by atoms with Gasteiger partial charge >= 0.3 is 0 Å². The fraction of sp³-hybridized carbons (Fsp3) is 0.429. The number of aryl methyl sites for hydroxylation is 1. The van der Waals surface area contributed by atoms with Crippen LogP contribution in [0.4, 0.5) is 5.69 Å². The van der Waals surface area contributed by atoms with Gasteiger partial charge in [-0.25, -0.2) is 8.42 Å². The van der Waals surface area contributed by atoms with E-state index in [1.54, 1.807) is 24.3 Å². The monoisotopic (exact) mass is 306 g/mol. The molecular formula is C14H18N4O2S. The molecule has 1 aliphatic rings. The first-order valence-electron chi connectivity index (χ1n) is 6.99. The number of nitrogens with zero attached hydrogens (tertiary/aromatic N) is 3. The van der Waals surface area contributed by atoms with E-state index >= 15 is 0 Å². The van der Waals surface area contributed by atoms with E-state index in [1.165, 1.54) is 19.1 Å². The van der Waals surface area contributed by atoms with Crippen LogP contribution in [0.3, 0.4) is 0 Å². The number of hydrogen-bond donors (Lipinski definition) is 1. The summed E-state index contributed by atoms with van der Waals surface area (Å²) in [7, 11) is -3.14. The molecule has 0 fully saturated rings. The quantitative estimate of drug-likeness (QED) is 0.929. The highest BCUT2D eigenvalue weighted by molar-refractivity contribution is 7.90. The second-order valence-electron chi connectivity index (χ2n) is 5.29. The zero-order valence-electron chi connectivity index (χ0n) is 11.9. The maximum atomic E-state index is 11.4. The second kappa shape index (κ2) is 5.48. The molecule has 2 heterocycles. The summed E-state index contributed by atoms with van der Waals surface area (Å²) >= 11 is 0. The van der Waals surface area contributed by atoms with E-state index in [9.17, 15) is 8.42 Å².